The van der Waals surface area contributed by atoms with Crippen molar-refractivity contribution in [1.82, 2.24) is 9.88 Å². The Morgan fingerprint density at radius 2 is 2.07 bits per heavy atom. The molecule has 2 aromatic heterocycles. The summed E-state index contributed by atoms with van der Waals surface area (Å²) in [4.78, 5) is 19.8. The number of halogens is 2. The summed E-state index contributed by atoms with van der Waals surface area (Å²) < 4.78 is 6.57. The summed E-state index contributed by atoms with van der Waals surface area (Å²) in [6, 6.07) is 7.10. The van der Waals surface area contributed by atoms with Crippen molar-refractivity contribution in [2.45, 2.75) is 13.5 Å². The van der Waals surface area contributed by atoms with Crippen LogP contribution in [-0.4, -0.2) is 42.1 Å². The lowest BCUT2D eigenvalue weighted by atomic mass is 10.2. The van der Waals surface area contributed by atoms with Gasteiger partial charge in [0, 0.05) is 35.1 Å². The summed E-state index contributed by atoms with van der Waals surface area (Å²) in [6.45, 7) is 5.95. The summed E-state index contributed by atoms with van der Waals surface area (Å²) in [5, 5.41) is 3.84. The lowest BCUT2D eigenvalue weighted by Crippen LogP contribution is -2.36. The number of hydrogen-bond acceptors (Lipinski definition) is 4. The standard InChI is InChI=1S/C19H19Cl2N3O2S/c1-11-8-16-18(27-11)13(10-24-4-6-26-7-5-24)17(22-16)19(25)23-15-3-2-12(20)9-14(15)21/h2-3,8-9,22H,4-7,10H2,1H3,(H,23,25). The zero-order valence-electron chi connectivity index (χ0n) is 14.8. The van der Waals surface area contributed by atoms with Crippen LogP contribution in [0.1, 0.15) is 20.9 Å². The first kappa shape index (κ1) is 18.8. The van der Waals surface area contributed by atoms with Crippen LogP contribution in [0.25, 0.3) is 10.2 Å². The molecule has 142 valence electrons. The van der Waals surface area contributed by atoms with Crippen LogP contribution in [0.4, 0.5) is 5.69 Å². The molecule has 1 aliphatic rings. The lowest BCUT2D eigenvalue weighted by molar-refractivity contribution is 0.0343. The zero-order valence-corrected chi connectivity index (χ0v) is 17.1. The Morgan fingerprint density at radius 3 is 2.81 bits per heavy atom. The predicted octanol–water partition coefficient (Wildman–Crippen LogP) is 4.93. The first-order chi connectivity index (χ1) is 13.0. The number of ether oxygens (including phenoxy) is 1. The highest BCUT2D eigenvalue weighted by Gasteiger charge is 2.23. The number of aryl methyl sites for hydroxylation is 1. The molecular formula is C19H19Cl2N3O2S. The summed E-state index contributed by atoms with van der Waals surface area (Å²) in [5.41, 5.74) is 3.13. The Morgan fingerprint density at radius 1 is 1.30 bits per heavy atom. The van der Waals surface area contributed by atoms with Gasteiger partial charge in [0.2, 0.25) is 0 Å². The number of rotatable bonds is 4. The van der Waals surface area contributed by atoms with Gasteiger partial charge >= 0.3 is 0 Å². The average Bonchev–Trinajstić information content (AvgIpc) is 3.15. The third-order valence-electron chi connectivity index (χ3n) is 4.58. The molecule has 8 heteroatoms. The minimum atomic E-state index is -0.205. The van der Waals surface area contributed by atoms with Crippen molar-refractivity contribution in [2.75, 3.05) is 31.6 Å². The van der Waals surface area contributed by atoms with E-state index in [-0.39, 0.29) is 5.91 Å². The lowest BCUT2D eigenvalue weighted by Gasteiger charge is -2.26. The molecular weight excluding hydrogens is 405 g/mol. The number of benzene rings is 1. The number of fused-ring (bicyclic) bond motifs is 1. The van der Waals surface area contributed by atoms with Gasteiger partial charge in [0.15, 0.2) is 0 Å². The number of amides is 1. The van der Waals surface area contributed by atoms with Crippen molar-refractivity contribution < 1.29 is 9.53 Å². The highest BCUT2D eigenvalue weighted by atomic mass is 35.5. The molecule has 4 rings (SSSR count). The van der Waals surface area contributed by atoms with Gasteiger partial charge in [0.05, 0.1) is 34.1 Å². The maximum atomic E-state index is 13.0. The van der Waals surface area contributed by atoms with Crippen LogP contribution in [0.5, 0.6) is 0 Å². The van der Waals surface area contributed by atoms with E-state index in [4.69, 9.17) is 27.9 Å². The van der Waals surface area contributed by atoms with Crippen LogP contribution >= 0.6 is 34.5 Å². The number of aromatic nitrogens is 1. The molecule has 0 atom stereocenters. The number of nitrogens with one attached hydrogen (secondary N) is 2. The molecule has 0 unspecified atom stereocenters. The third-order valence-corrected chi connectivity index (χ3v) is 6.24. The van der Waals surface area contributed by atoms with Crippen LogP contribution in [0.2, 0.25) is 10.0 Å². The molecule has 0 saturated carbocycles. The van der Waals surface area contributed by atoms with Crippen molar-refractivity contribution in [3.8, 4) is 0 Å². The molecule has 0 bridgehead atoms. The average molecular weight is 424 g/mol. The fourth-order valence-electron chi connectivity index (χ4n) is 3.26. The van der Waals surface area contributed by atoms with E-state index in [0.717, 1.165) is 42.1 Å². The molecule has 1 fully saturated rings. The van der Waals surface area contributed by atoms with Gasteiger partial charge in [-0.2, -0.15) is 0 Å². The molecule has 1 aromatic carbocycles. The second-order valence-corrected chi connectivity index (χ2v) is 8.65. The van der Waals surface area contributed by atoms with Gasteiger partial charge in [-0.05, 0) is 31.2 Å². The Labute approximate surface area is 171 Å². The van der Waals surface area contributed by atoms with E-state index >= 15 is 0 Å². The predicted molar refractivity (Wildman–Crippen MR) is 111 cm³/mol. The van der Waals surface area contributed by atoms with Gasteiger partial charge < -0.3 is 15.0 Å². The van der Waals surface area contributed by atoms with Gasteiger partial charge in [0.1, 0.15) is 5.69 Å². The molecule has 1 amide bonds. The topological polar surface area (TPSA) is 57.4 Å². The van der Waals surface area contributed by atoms with Crippen molar-refractivity contribution in [1.29, 1.82) is 0 Å². The fourth-order valence-corrected chi connectivity index (χ4v) is 4.72. The van der Waals surface area contributed by atoms with Crippen LogP contribution < -0.4 is 5.32 Å². The van der Waals surface area contributed by atoms with Crippen LogP contribution in [0, 0.1) is 6.92 Å². The van der Waals surface area contributed by atoms with Crippen molar-refractivity contribution in [2.24, 2.45) is 0 Å². The number of morpholine rings is 1. The SMILES string of the molecule is Cc1cc2[nH]c(C(=O)Nc3ccc(Cl)cc3Cl)c(CN3CCOCC3)c2s1. The van der Waals surface area contributed by atoms with Crippen LogP contribution in [0.3, 0.4) is 0 Å². The maximum Gasteiger partial charge on any atom is 0.272 e. The number of nitrogens with zero attached hydrogens (tertiary/aromatic N) is 1. The molecule has 1 saturated heterocycles. The van der Waals surface area contributed by atoms with Gasteiger partial charge in [-0.15, -0.1) is 11.3 Å². The summed E-state index contributed by atoms with van der Waals surface area (Å²) in [7, 11) is 0. The molecule has 3 aromatic rings. The molecule has 5 nitrogen and oxygen atoms in total. The molecule has 2 N–H and O–H groups in total. The van der Waals surface area contributed by atoms with E-state index in [9.17, 15) is 4.79 Å². The molecule has 3 heterocycles. The Hall–Kier alpha value is -1.57. The quantitative estimate of drug-likeness (QED) is 0.625. The first-order valence-electron chi connectivity index (χ1n) is 8.69. The van der Waals surface area contributed by atoms with E-state index in [0.29, 0.717) is 28.0 Å². The minimum Gasteiger partial charge on any atom is -0.379 e. The van der Waals surface area contributed by atoms with E-state index in [1.54, 1.807) is 29.5 Å². The normalized spacial score (nSPS) is 15.4. The molecule has 27 heavy (non-hydrogen) atoms. The zero-order chi connectivity index (χ0) is 19.0. The molecule has 0 aliphatic carbocycles. The van der Waals surface area contributed by atoms with Gasteiger partial charge in [-0.3, -0.25) is 9.69 Å². The Balaban J connectivity index is 1.66. The van der Waals surface area contributed by atoms with E-state index in [2.05, 4.69) is 28.2 Å². The summed E-state index contributed by atoms with van der Waals surface area (Å²) in [6.07, 6.45) is 0. The van der Waals surface area contributed by atoms with E-state index < -0.39 is 0 Å². The molecule has 1 aliphatic heterocycles. The van der Waals surface area contributed by atoms with Crippen LogP contribution in [0.15, 0.2) is 24.3 Å². The van der Waals surface area contributed by atoms with E-state index in [1.807, 2.05) is 0 Å². The van der Waals surface area contributed by atoms with E-state index in [1.165, 1.54) is 4.88 Å². The van der Waals surface area contributed by atoms with Gasteiger partial charge in [-0.1, -0.05) is 23.2 Å². The number of aromatic amines is 1. The third kappa shape index (κ3) is 4.00. The Kier molecular flexibility index (Phi) is 5.43. The Bertz CT molecular complexity index is 992. The van der Waals surface area contributed by atoms with Crippen LogP contribution in [-0.2, 0) is 11.3 Å². The highest BCUT2D eigenvalue weighted by Crippen LogP contribution is 2.33. The molecule has 0 spiro atoms. The maximum absolute atomic E-state index is 13.0. The number of hydrogen-bond donors (Lipinski definition) is 2. The fraction of sp³-hybridized carbons (Fsp3) is 0.316. The first-order valence-corrected chi connectivity index (χ1v) is 10.3. The molecule has 0 radical (unpaired) electrons. The number of carbonyl (C=O) groups excluding carboxylic acids is 1. The van der Waals surface area contributed by atoms with Gasteiger partial charge in [0.25, 0.3) is 5.91 Å². The number of anilines is 1. The number of thiophene rings is 1. The van der Waals surface area contributed by atoms with Gasteiger partial charge in [-0.25, -0.2) is 0 Å². The second kappa shape index (κ2) is 7.81. The van der Waals surface area contributed by atoms with Crippen molar-refractivity contribution in [3.63, 3.8) is 0 Å². The van der Waals surface area contributed by atoms with Crippen molar-refractivity contribution in [3.05, 3.63) is 50.4 Å². The smallest absolute Gasteiger partial charge is 0.272 e. The van der Waals surface area contributed by atoms with Crippen molar-refractivity contribution >= 4 is 56.3 Å². The second-order valence-electron chi connectivity index (χ2n) is 6.55. The summed E-state index contributed by atoms with van der Waals surface area (Å²) >= 11 is 13.8. The number of H-pyrrole nitrogens is 1. The summed E-state index contributed by atoms with van der Waals surface area (Å²) in [5.74, 6) is -0.205. The minimum absolute atomic E-state index is 0.205. The number of carbonyl (C=O) groups is 1. The monoisotopic (exact) mass is 423 g/mol. The highest BCUT2D eigenvalue weighted by molar-refractivity contribution is 7.19. The largest absolute Gasteiger partial charge is 0.379 e.